The zero-order valence-electron chi connectivity index (χ0n) is 14.6. The number of aromatic amines is 2. The highest BCUT2D eigenvalue weighted by atomic mass is 32.1. The van der Waals surface area contributed by atoms with Crippen molar-refractivity contribution in [1.82, 2.24) is 14.9 Å². The van der Waals surface area contributed by atoms with Crippen LogP contribution in [0.25, 0.3) is 0 Å². The average molecular weight is 379 g/mol. The predicted molar refractivity (Wildman–Crippen MR) is 97.7 cm³/mol. The molecular weight excluding hydrogens is 358 g/mol. The van der Waals surface area contributed by atoms with Gasteiger partial charge in [-0.3, -0.25) is 14.7 Å². The summed E-state index contributed by atoms with van der Waals surface area (Å²) < 4.78 is 16.4. The molecule has 0 amide bonds. The Kier molecular flexibility index (Phi) is 5.60. The molecule has 1 unspecified atom stereocenters. The number of aromatic hydroxyl groups is 1. The molecule has 0 saturated carbocycles. The van der Waals surface area contributed by atoms with Crippen molar-refractivity contribution in [2.45, 2.75) is 6.04 Å². The molecule has 0 bridgehead atoms. The second-order valence-corrected chi connectivity index (χ2v) is 6.21. The van der Waals surface area contributed by atoms with Crippen molar-refractivity contribution in [1.29, 1.82) is 0 Å². The highest BCUT2D eigenvalue weighted by molar-refractivity contribution is 7.71. The number of aromatic nitrogens is 2. The van der Waals surface area contributed by atoms with Gasteiger partial charge in [-0.05, 0) is 18.3 Å². The molecule has 9 heteroatoms. The molecule has 2 aromatic rings. The molecule has 0 aliphatic carbocycles. The molecule has 1 saturated heterocycles. The molecular formula is C17H21N3O5S. The zero-order valence-corrected chi connectivity index (χ0v) is 15.4. The maximum Gasteiger partial charge on any atom is 0.260 e. The van der Waals surface area contributed by atoms with Gasteiger partial charge in [-0.25, -0.2) is 0 Å². The molecule has 1 aliphatic heterocycles. The van der Waals surface area contributed by atoms with E-state index < -0.39 is 11.6 Å². The fraction of sp³-hybridized carbons (Fsp3) is 0.412. The van der Waals surface area contributed by atoms with E-state index >= 15 is 0 Å². The van der Waals surface area contributed by atoms with Gasteiger partial charge in [0.25, 0.3) is 5.56 Å². The highest BCUT2D eigenvalue weighted by Crippen LogP contribution is 2.40. The van der Waals surface area contributed by atoms with E-state index in [-0.39, 0.29) is 16.2 Å². The van der Waals surface area contributed by atoms with E-state index in [9.17, 15) is 9.90 Å². The second kappa shape index (κ2) is 7.90. The van der Waals surface area contributed by atoms with Crippen molar-refractivity contribution in [3.63, 3.8) is 0 Å². The molecule has 1 fully saturated rings. The Balaban J connectivity index is 2.24. The second-order valence-electron chi connectivity index (χ2n) is 5.80. The average Bonchev–Trinajstić information content (AvgIpc) is 2.64. The molecule has 1 aliphatic rings. The number of methoxy groups -OCH3 is 2. The lowest BCUT2D eigenvalue weighted by molar-refractivity contribution is 0.0227. The van der Waals surface area contributed by atoms with Crippen LogP contribution in [0.5, 0.6) is 17.4 Å². The zero-order chi connectivity index (χ0) is 18.7. The first-order chi connectivity index (χ1) is 12.6. The van der Waals surface area contributed by atoms with Gasteiger partial charge >= 0.3 is 0 Å². The number of hydrogen-bond acceptors (Lipinski definition) is 7. The largest absolute Gasteiger partial charge is 0.494 e. The summed E-state index contributed by atoms with van der Waals surface area (Å²) in [7, 11) is 3.09. The van der Waals surface area contributed by atoms with Crippen LogP contribution in [0.2, 0.25) is 0 Å². The number of nitrogens with zero attached hydrogens (tertiary/aromatic N) is 1. The third-order valence-corrected chi connectivity index (χ3v) is 4.58. The Morgan fingerprint density at radius 3 is 2.58 bits per heavy atom. The molecule has 1 atom stereocenters. The summed E-state index contributed by atoms with van der Waals surface area (Å²) in [5.41, 5.74) is 0.430. The first kappa shape index (κ1) is 18.4. The minimum Gasteiger partial charge on any atom is -0.494 e. The van der Waals surface area contributed by atoms with Gasteiger partial charge in [0.05, 0.1) is 39.0 Å². The smallest absolute Gasteiger partial charge is 0.260 e. The van der Waals surface area contributed by atoms with Crippen molar-refractivity contribution in [2.24, 2.45) is 0 Å². The monoisotopic (exact) mass is 379 g/mol. The van der Waals surface area contributed by atoms with Crippen LogP contribution in [0.15, 0.2) is 23.0 Å². The van der Waals surface area contributed by atoms with Gasteiger partial charge in [0.2, 0.25) is 5.88 Å². The molecule has 8 nitrogen and oxygen atoms in total. The number of ether oxygens (including phenoxy) is 3. The van der Waals surface area contributed by atoms with Gasteiger partial charge in [-0.15, -0.1) is 0 Å². The summed E-state index contributed by atoms with van der Waals surface area (Å²) in [6.07, 6.45) is 0. The first-order valence-electron chi connectivity index (χ1n) is 8.15. The number of nitrogens with one attached hydrogen (secondary N) is 2. The Morgan fingerprint density at radius 1 is 1.23 bits per heavy atom. The summed E-state index contributed by atoms with van der Waals surface area (Å²) in [4.78, 5) is 19.9. The van der Waals surface area contributed by atoms with E-state index in [1.165, 1.54) is 0 Å². The van der Waals surface area contributed by atoms with E-state index in [4.69, 9.17) is 26.4 Å². The molecule has 0 spiro atoms. The summed E-state index contributed by atoms with van der Waals surface area (Å²) >= 11 is 4.95. The maximum absolute atomic E-state index is 12.6. The van der Waals surface area contributed by atoms with Crippen molar-refractivity contribution >= 4 is 12.2 Å². The molecule has 3 rings (SSSR count). The van der Waals surface area contributed by atoms with E-state index in [2.05, 4.69) is 14.9 Å². The lowest BCUT2D eigenvalue weighted by atomic mass is 9.96. The summed E-state index contributed by atoms with van der Waals surface area (Å²) in [6, 6.07) is 4.89. The third kappa shape index (κ3) is 3.46. The molecule has 0 radical (unpaired) electrons. The fourth-order valence-electron chi connectivity index (χ4n) is 3.24. The van der Waals surface area contributed by atoms with Gasteiger partial charge < -0.3 is 24.3 Å². The molecule has 1 aromatic heterocycles. The number of morpholine rings is 1. The van der Waals surface area contributed by atoms with Gasteiger partial charge in [-0.2, -0.15) is 0 Å². The van der Waals surface area contributed by atoms with Crippen molar-refractivity contribution in [3.8, 4) is 17.4 Å². The van der Waals surface area contributed by atoms with Crippen LogP contribution >= 0.6 is 12.2 Å². The summed E-state index contributed by atoms with van der Waals surface area (Å²) in [6.45, 7) is 2.26. The third-order valence-electron chi connectivity index (χ3n) is 4.37. The van der Waals surface area contributed by atoms with E-state index in [0.717, 1.165) is 0 Å². The number of hydrogen-bond donors (Lipinski definition) is 3. The quantitative estimate of drug-likeness (QED) is 0.678. The number of H-pyrrole nitrogens is 2. The highest BCUT2D eigenvalue weighted by Gasteiger charge is 2.32. The van der Waals surface area contributed by atoms with Crippen LogP contribution in [0.3, 0.4) is 0 Å². The fourth-order valence-corrected chi connectivity index (χ4v) is 3.42. The normalized spacial score (nSPS) is 16.2. The van der Waals surface area contributed by atoms with Crippen LogP contribution in [-0.2, 0) is 4.74 Å². The van der Waals surface area contributed by atoms with Crippen LogP contribution < -0.4 is 15.0 Å². The minimum atomic E-state index is -0.556. The van der Waals surface area contributed by atoms with Crippen LogP contribution in [0.4, 0.5) is 0 Å². The number of benzene rings is 1. The van der Waals surface area contributed by atoms with Crippen LogP contribution in [0.1, 0.15) is 17.2 Å². The van der Waals surface area contributed by atoms with Crippen molar-refractivity contribution < 1.29 is 19.3 Å². The first-order valence-corrected chi connectivity index (χ1v) is 8.55. The maximum atomic E-state index is 12.6. The predicted octanol–water partition coefficient (Wildman–Crippen LogP) is 1.58. The van der Waals surface area contributed by atoms with Crippen molar-refractivity contribution in [2.75, 3.05) is 40.5 Å². The Hall–Kier alpha value is -2.36. The van der Waals surface area contributed by atoms with Crippen LogP contribution in [-0.4, -0.2) is 60.5 Å². The molecule has 1 aromatic carbocycles. The van der Waals surface area contributed by atoms with Gasteiger partial charge in [-0.1, -0.05) is 12.1 Å². The van der Waals surface area contributed by atoms with E-state index in [1.54, 1.807) is 20.3 Å². The Bertz CT molecular complexity index is 889. The number of rotatable bonds is 5. The van der Waals surface area contributed by atoms with Gasteiger partial charge in [0.15, 0.2) is 16.3 Å². The number of para-hydroxylation sites is 1. The molecule has 140 valence electrons. The van der Waals surface area contributed by atoms with E-state index in [1.807, 2.05) is 12.1 Å². The molecule has 3 N–H and O–H groups in total. The lowest BCUT2D eigenvalue weighted by Crippen LogP contribution is -2.41. The van der Waals surface area contributed by atoms with Gasteiger partial charge in [0.1, 0.15) is 0 Å². The topological polar surface area (TPSA) is 99.8 Å². The Labute approximate surface area is 155 Å². The summed E-state index contributed by atoms with van der Waals surface area (Å²) in [5, 5.41) is 10.5. The SMILES string of the molecule is COc1cccc(C(c2c(O)[nH]c(=S)[nH]c2=O)N2CCOCC2)c1OC. The molecule has 26 heavy (non-hydrogen) atoms. The van der Waals surface area contributed by atoms with Crippen LogP contribution in [0, 0.1) is 4.77 Å². The van der Waals surface area contributed by atoms with E-state index in [0.29, 0.717) is 43.4 Å². The lowest BCUT2D eigenvalue weighted by Gasteiger charge is -2.35. The van der Waals surface area contributed by atoms with Crippen molar-refractivity contribution in [3.05, 3.63) is 44.5 Å². The Morgan fingerprint density at radius 2 is 1.96 bits per heavy atom. The molecule has 2 heterocycles. The summed E-state index contributed by atoms with van der Waals surface area (Å²) in [5.74, 6) is 0.788. The minimum absolute atomic E-state index is 0.0644. The van der Waals surface area contributed by atoms with Gasteiger partial charge in [0, 0.05) is 18.7 Å². The standard InChI is InChI=1S/C17H21N3O5S/c1-23-11-5-3-4-10(14(11)24-2)13(20-6-8-25-9-7-20)12-15(21)18-17(26)19-16(12)22/h3-5,13H,6-9H2,1-2H3,(H3,18,19,21,22,26).